The molecule has 1 rings (SSSR count). The van der Waals surface area contributed by atoms with Crippen molar-refractivity contribution < 1.29 is 17.9 Å². The van der Waals surface area contributed by atoms with Gasteiger partial charge >= 0.3 is 6.36 Å². The second kappa shape index (κ2) is 4.60. The number of pyridine rings is 1. The average molecular weight is 353 g/mol. The molecule has 1 aromatic rings. The van der Waals surface area contributed by atoms with Crippen molar-refractivity contribution in [2.75, 3.05) is 0 Å². The van der Waals surface area contributed by atoms with Crippen molar-refractivity contribution in [2.45, 2.75) is 12.2 Å². The molecule has 0 bridgehead atoms. The minimum Gasteiger partial charge on any atom is -0.403 e. The van der Waals surface area contributed by atoms with Gasteiger partial charge in [0.25, 0.3) is 5.56 Å². The van der Waals surface area contributed by atoms with Crippen molar-refractivity contribution in [1.29, 1.82) is 0 Å². The lowest BCUT2D eigenvalue weighted by atomic mass is 10.3. The van der Waals surface area contributed by atoms with Crippen LogP contribution in [-0.2, 0) is 5.88 Å². The van der Waals surface area contributed by atoms with Gasteiger partial charge in [-0.25, -0.2) is 0 Å². The third-order valence-corrected chi connectivity index (χ3v) is 2.50. The minimum absolute atomic E-state index is 0.0243. The molecule has 1 N–H and O–H groups in total. The molecule has 0 fully saturated rings. The lowest BCUT2D eigenvalue weighted by molar-refractivity contribution is -0.275. The Kier molecular flexibility index (Phi) is 3.87. The van der Waals surface area contributed by atoms with Gasteiger partial charge in [0, 0.05) is 5.56 Å². The number of ether oxygens (including phenoxy) is 1. The van der Waals surface area contributed by atoms with E-state index in [1.807, 2.05) is 0 Å². The molecule has 3 nitrogen and oxygen atoms in total. The average Bonchev–Trinajstić information content (AvgIpc) is 2.07. The summed E-state index contributed by atoms with van der Waals surface area (Å²) in [6, 6.07) is 0.973. The van der Waals surface area contributed by atoms with E-state index in [-0.39, 0.29) is 15.1 Å². The Bertz CT molecular complexity index is 418. The third kappa shape index (κ3) is 3.56. The fraction of sp³-hybridized carbons (Fsp3) is 0.286. The maximum atomic E-state index is 11.9. The first-order chi connectivity index (χ1) is 6.83. The van der Waals surface area contributed by atoms with E-state index in [0.29, 0.717) is 0 Å². The largest absolute Gasteiger partial charge is 0.573 e. The molecule has 84 valence electrons. The van der Waals surface area contributed by atoms with E-state index in [9.17, 15) is 18.0 Å². The number of alkyl halides is 4. The highest BCUT2D eigenvalue weighted by Crippen LogP contribution is 2.26. The van der Waals surface area contributed by atoms with Crippen LogP contribution >= 0.6 is 34.2 Å². The van der Waals surface area contributed by atoms with Gasteiger partial charge in [-0.3, -0.25) is 4.79 Å². The van der Waals surface area contributed by atoms with Crippen molar-refractivity contribution in [3.05, 3.63) is 25.7 Å². The summed E-state index contributed by atoms with van der Waals surface area (Å²) in [5.74, 6) is -0.640. The number of aromatic amines is 1. The van der Waals surface area contributed by atoms with Gasteiger partial charge < -0.3 is 9.72 Å². The highest BCUT2D eigenvalue weighted by atomic mass is 127. The zero-order valence-electron chi connectivity index (χ0n) is 6.99. The Hall–Kier alpha value is -0.440. The van der Waals surface area contributed by atoms with E-state index in [1.165, 1.54) is 22.6 Å². The quantitative estimate of drug-likeness (QED) is 0.505. The van der Waals surface area contributed by atoms with Gasteiger partial charge in [-0.2, -0.15) is 0 Å². The zero-order chi connectivity index (χ0) is 11.6. The number of rotatable bonds is 2. The first-order valence-electron chi connectivity index (χ1n) is 3.57. The van der Waals surface area contributed by atoms with Crippen LogP contribution in [0.25, 0.3) is 0 Å². The molecule has 0 unspecified atom stereocenters. The molecular weight excluding hydrogens is 349 g/mol. The Morgan fingerprint density at radius 3 is 2.60 bits per heavy atom. The molecule has 0 atom stereocenters. The molecule has 0 amide bonds. The molecule has 0 aromatic carbocycles. The van der Waals surface area contributed by atoms with Gasteiger partial charge in [0.1, 0.15) is 3.70 Å². The van der Waals surface area contributed by atoms with Gasteiger partial charge in [0.05, 0.1) is 5.88 Å². The fourth-order valence-corrected chi connectivity index (χ4v) is 1.54. The van der Waals surface area contributed by atoms with Crippen molar-refractivity contribution >= 4 is 34.2 Å². The van der Waals surface area contributed by atoms with Gasteiger partial charge in [-0.15, -0.1) is 24.8 Å². The Balaban J connectivity index is 3.14. The highest BCUT2D eigenvalue weighted by Gasteiger charge is 2.32. The van der Waals surface area contributed by atoms with Gasteiger partial charge in [-0.1, -0.05) is 0 Å². The summed E-state index contributed by atoms with van der Waals surface area (Å²) in [5, 5.41) is 0. The molecule has 8 heteroatoms. The summed E-state index contributed by atoms with van der Waals surface area (Å²) in [7, 11) is 0. The number of H-pyrrole nitrogens is 1. The van der Waals surface area contributed by atoms with E-state index in [1.54, 1.807) is 0 Å². The van der Waals surface area contributed by atoms with Crippen LogP contribution in [0.2, 0.25) is 0 Å². The van der Waals surface area contributed by atoms with Crippen LogP contribution in [0.1, 0.15) is 5.56 Å². The smallest absolute Gasteiger partial charge is 0.403 e. The molecule has 0 aliphatic rings. The molecule has 0 saturated carbocycles. The molecule has 0 saturated heterocycles. The second-order valence-corrected chi connectivity index (χ2v) is 3.83. The van der Waals surface area contributed by atoms with E-state index >= 15 is 0 Å². The second-order valence-electron chi connectivity index (χ2n) is 2.48. The molecule has 0 spiro atoms. The molecule has 0 aliphatic carbocycles. The molecular formula is C7H4ClF3INO2. The first kappa shape index (κ1) is 12.6. The maximum Gasteiger partial charge on any atom is 0.573 e. The summed E-state index contributed by atoms with van der Waals surface area (Å²) < 4.78 is 39.4. The minimum atomic E-state index is -4.79. The standard InChI is InChI=1S/C7H4ClF3INO2/c8-2-3-1-4(15-7(9,10)11)5(12)13-6(3)14/h1H,2H2,(H,13,14). The number of halogens is 5. The number of hydrogen-bond donors (Lipinski definition) is 1. The zero-order valence-corrected chi connectivity index (χ0v) is 9.90. The van der Waals surface area contributed by atoms with Crippen LogP contribution in [0.5, 0.6) is 5.75 Å². The molecule has 0 aliphatic heterocycles. The van der Waals surface area contributed by atoms with Crippen molar-refractivity contribution in [3.8, 4) is 5.75 Å². The third-order valence-electron chi connectivity index (χ3n) is 1.41. The highest BCUT2D eigenvalue weighted by molar-refractivity contribution is 14.1. The lowest BCUT2D eigenvalue weighted by Crippen LogP contribution is -2.21. The molecule has 1 aromatic heterocycles. The Morgan fingerprint density at radius 1 is 1.53 bits per heavy atom. The van der Waals surface area contributed by atoms with Crippen LogP contribution in [0.15, 0.2) is 10.9 Å². The first-order valence-corrected chi connectivity index (χ1v) is 5.18. The number of nitrogens with one attached hydrogen (secondary N) is 1. The summed E-state index contributed by atoms with van der Waals surface area (Å²) in [5.41, 5.74) is -0.500. The van der Waals surface area contributed by atoms with Gasteiger partial charge in [-0.05, 0) is 28.7 Å². The van der Waals surface area contributed by atoms with Crippen LogP contribution in [0, 0.1) is 3.70 Å². The Morgan fingerprint density at radius 2 is 2.13 bits per heavy atom. The van der Waals surface area contributed by atoms with E-state index < -0.39 is 17.7 Å². The lowest BCUT2D eigenvalue weighted by Gasteiger charge is -2.10. The maximum absolute atomic E-state index is 11.9. The fourth-order valence-electron chi connectivity index (χ4n) is 0.827. The molecule has 1 heterocycles. The SMILES string of the molecule is O=c1[nH]c(I)c(OC(F)(F)F)cc1CCl. The van der Waals surface area contributed by atoms with Crippen molar-refractivity contribution in [2.24, 2.45) is 0 Å². The molecule has 15 heavy (non-hydrogen) atoms. The summed E-state index contributed by atoms with van der Waals surface area (Å²) in [6.45, 7) is 0. The van der Waals surface area contributed by atoms with Crippen molar-refractivity contribution in [3.63, 3.8) is 0 Å². The predicted molar refractivity (Wildman–Crippen MR) is 56.0 cm³/mol. The summed E-state index contributed by atoms with van der Waals surface area (Å²) >= 11 is 6.90. The van der Waals surface area contributed by atoms with E-state index in [4.69, 9.17) is 11.6 Å². The molecule has 0 radical (unpaired) electrons. The normalized spacial score (nSPS) is 11.5. The van der Waals surface area contributed by atoms with Crippen LogP contribution < -0.4 is 10.3 Å². The predicted octanol–water partition coefficient (Wildman–Crippen LogP) is 2.62. The monoisotopic (exact) mass is 353 g/mol. The number of hydrogen-bond acceptors (Lipinski definition) is 2. The van der Waals surface area contributed by atoms with Crippen LogP contribution in [-0.4, -0.2) is 11.3 Å². The van der Waals surface area contributed by atoms with Crippen molar-refractivity contribution in [1.82, 2.24) is 4.98 Å². The van der Waals surface area contributed by atoms with Crippen LogP contribution in [0.3, 0.4) is 0 Å². The van der Waals surface area contributed by atoms with Gasteiger partial charge in [0.2, 0.25) is 0 Å². The van der Waals surface area contributed by atoms with E-state index in [0.717, 1.165) is 6.07 Å². The number of aromatic nitrogens is 1. The summed E-state index contributed by atoms with van der Waals surface area (Å²) in [6.07, 6.45) is -4.79. The Labute approximate surface area is 101 Å². The summed E-state index contributed by atoms with van der Waals surface area (Å²) in [4.78, 5) is 13.3. The van der Waals surface area contributed by atoms with Gasteiger partial charge in [0.15, 0.2) is 5.75 Å². The van der Waals surface area contributed by atoms with Crippen LogP contribution in [0.4, 0.5) is 13.2 Å². The topological polar surface area (TPSA) is 42.1 Å². The van der Waals surface area contributed by atoms with E-state index in [2.05, 4.69) is 9.72 Å².